The van der Waals surface area contributed by atoms with Crippen molar-refractivity contribution in [3.8, 4) is 5.75 Å². The van der Waals surface area contributed by atoms with E-state index in [4.69, 9.17) is 16.3 Å². The van der Waals surface area contributed by atoms with Gasteiger partial charge in [0.05, 0.1) is 6.04 Å². The lowest BCUT2D eigenvalue weighted by Gasteiger charge is -2.38. The number of hydrogen-bond acceptors (Lipinski definition) is 4. The zero-order chi connectivity index (χ0) is 22.0. The number of carbonyl (C=O) groups excluding carboxylic acids is 2. The summed E-state index contributed by atoms with van der Waals surface area (Å²) in [6.45, 7) is 5.25. The van der Waals surface area contributed by atoms with Gasteiger partial charge in [-0.15, -0.1) is 11.3 Å². The van der Waals surface area contributed by atoms with Gasteiger partial charge in [0.2, 0.25) is 11.8 Å². The summed E-state index contributed by atoms with van der Waals surface area (Å²) in [4.78, 5) is 31.3. The van der Waals surface area contributed by atoms with Gasteiger partial charge in [0.1, 0.15) is 18.9 Å². The Morgan fingerprint density at radius 2 is 2.00 bits per heavy atom. The van der Waals surface area contributed by atoms with Gasteiger partial charge < -0.3 is 14.5 Å². The van der Waals surface area contributed by atoms with E-state index in [9.17, 15) is 9.59 Å². The molecule has 0 N–H and O–H groups in total. The molecule has 1 aliphatic carbocycles. The minimum atomic E-state index is -0.159. The molecule has 0 unspecified atom stereocenters. The Morgan fingerprint density at radius 1 is 1.26 bits per heavy atom. The van der Waals surface area contributed by atoms with E-state index in [2.05, 4.69) is 18.4 Å². The van der Waals surface area contributed by atoms with Crippen LogP contribution < -0.4 is 4.74 Å². The number of rotatable bonds is 8. The zero-order valence-corrected chi connectivity index (χ0v) is 19.6. The molecular formula is C24H29ClN2O3S. The number of nitrogens with zero attached hydrogens (tertiary/aromatic N) is 2. The molecule has 1 aromatic heterocycles. The number of thiophene rings is 1. The van der Waals surface area contributed by atoms with Gasteiger partial charge in [0.15, 0.2) is 0 Å². The number of benzene rings is 1. The first-order valence-corrected chi connectivity index (χ1v) is 12.3. The summed E-state index contributed by atoms with van der Waals surface area (Å²) < 4.78 is 6.05. The van der Waals surface area contributed by atoms with Crippen LogP contribution in [0.25, 0.3) is 0 Å². The van der Waals surface area contributed by atoms with Gasteiger partial charge in [-0.3, -0.25) is 9.59 Å². The maximum atomic E-state index is 13.4. The summed E-state index contributed by atoms with van der Waals surface area (Å²) in [7, 11) is 0. The van der Waals surface area contributed by atoms with Crippen LogP contribution in [0.1, 0.15) is 49.6 Å². The second kappa shape index (κ2) is 9.61. The third kappa shape index (κ3) is 5.07. The van der Waals surface area contributed by atoms with Gasteiger partial charge in [-0.05, 0) is 73.9 Å². The molecule has 1 aliphatic heterocycles. The number of fused-ring (bicyclic) bond motifs is 1. The second-order valence-corrected chi connectivity index (χ2v) is 9.85. The molecule has 1 saturated carbocycles. The van der Waals surface area contributed by atoms with Crippen LogP contribution in [-0.2, 0) is 16.0 Å². The molecule has 1 fully saturated rings. The molecule has 31 heavy (non-hydrogen) atoms. The van der Waals surface area contributed by atoms with Crippen molar-refractivity contribution in [3.05, 3.63) is 51.2 Å². The van der Waals surface area contributed by atoms with E-state index in [0.29, 0.717) is 18.2 Å². The zero-order valence-electron chi connectivity index (χ0n) is 18.1. The van der Waals surface area contributed by atoms with Gasteiger partial charge in [-0.25, -0.2) is 0 Å². The van der Waals surface area contributed by atoms with E-state index < -0.39 is 0 Å². The predicted molar refractivity (Wildman–Crippen MR) is 124 cm³/mol. The minimum Gasteiger partial charge on any atom is -0.491 e. The maximum Gasteiger partial charge on any atom is 0.242 e. The molecule has 2 heterocycles. The van der Waals surface area contributed by atoms with E-state index in [1.165, 1.54) is 4.88 Å². The molecule has 4 rings (SSSR count). The minimum absolute atomic E-state index is 0.00384. The van der Waals surface area contributed by atoms with Crippen molar-refractivity contribution >= 4 is 34.8 Å². The summed E-state index contributed by atoms with van der Waals surface area (Å²) in [5, 5.41) is 2.74. The molecule has 0 saturated heterocycles. The molecule has 2 aromatic rings. The molecule has 2 amide bonds. The topological polar surface area (TPSA) is 49.9 Å². The molecule has 7 heteroatoms. The number of ether oxygens (including phenoxy) is 1. The van der Waals surface area contributed by atoms with Crippen molar-refractivity contribution in [2.45, 2.75) is 51.6 Å². The Hall–Kier alpha value is -2.05. The first kappa shape index (κ1) is 22.2. The summed E-state index contributed by atoms with van der Waals surface area (Å²) in [6.07, 6.45) is 3.57. The van der Waals surface area contributed by atoms with Crippen LogP contribution in [-0.4, -0.2) is 47.4 Å². The predicted octanol–water partition coefficient (Wildman–Crippen LogP) is 4.94. The van der Waals surface area contributed by atoms with Crippen molar-refractivity contribution in [3.63, 3.8) is 0 Å². The third-order valence-electron chi connectivity index (χ3n) is 6.27. The first-order valence-electron chi connectivity index (χ1n) is 11.0. The molecule has 0 radical (unpaired) electrons. The summed E-state index contributed by atoms with van der Waals surface area (Å²) >= 11 is 7.71. The number of hydrogen-bond donors (Lipinski definition) is 0. The Labute approximate surface area is 192 Å². The number of carbonyl (C=O) groups is 2. The van der Waals surface area contributed by atoms with Crippen LogP contribution in [0.5, 0.6) is 5.75 Å². The lowest BCUT2D eigenvalue weighted by Crippen LogP contribution is -2.50. The highest BCUT2D eigenvalue weighted by Crippen LogP contribution is 2.35. The lowest BCUT2D eigenvalue weighted by atomic mass is 10.00. The van der Waals surface area contributed by atoms with Gasteiger partial charge in [-0.1, -0.05) is 18.5 Å². The van der Waals surface area contributed by atoms with Crippen LogP contribution in [0.3, 0.4) is 0 Å². The fourth-order valence-electron chi connectivity index (χ4n) is 4.05. The van der Waals surface area contributed by atoms with E-state index >= 15 is 0 Å². The Balaban J connectivity index is 1.50. The van der Waals surface area contributed by atoms with Crippen molar-refractivity contribution < 1.29 is 14.3 Å². The molecule has 2 atom stereocenters. The second-order valence-electron chi connectivity index (χ2n) is 8.41. The van der Waals surface area contributed by atoms with Crippen LogP contribution in [0.4, 0.5) is 0 Å². The van der Waals surface area contributed by atoms with Crippen molar-refractivity contribution in [1.82, 2.24) is 9.80 Å². The van der Waals surface area contributed by atoms with E-state index in [1.807, 2.05) is 24.0 Å². The molecule has 1 aromatic carbocycles. The summed E-state index contributed by atoms with van der Waals surface area (Å²) in [6, 6.07) is 9.26. The number of halogens is 1. The van der Waals surface area contributed by atoms with Crippen LogP contribution in [0.2, 0.25) is 5.02 Å². The van der Waals surface area contributed by atoms with Gasteiger partial charge in [0.25, 0.3) is 0 Å². The van der Waals surface area contributed by atoms with E-state index in [1.54, 1.807) is 28.4 Å². The van der Waals surface area contributed by atoms with E-state index in [-0.39, 0.29) is 36.4 Å². The normalized spacial score (nSPS) is 18.9. The fraction of sp³-hybridized carbons (Fsp3) is 0.500. The highest BCUT2D eigenvalue weighted by Gasteiger charge is 2.38. The average Bonchev–Trinajstić information content (AvgIpc) is 3.52. The molecule has 0 bridgehead atoms. The SMILES string of the molecule is CC[C@@H](C)N(CC(=O)N1CCc2sccc2[C@H]1COc1ccc(Cl)cc1)C(=O)C1CC1. The Kier molecular flexibility index (Phi) is 6.87. The highest BCUT2D eigenvalue weighted by molar-refractivity contribution is 7.10. The first-order chi connectivity index (χ1) is 15.0. The van der Waals surface area contributed by atoms with Crippen LogP contribution in [0.15, 0.2) is 35.7 Å². The fourth-order valence-corrected chi connectivity index (χ4v) is 5.11. The standard InChI is InChI=1S/C24H29ClN2O3S/c1-3-16(2)27(24(29)17-4-5-17)14-23(28)26-12-10-22-20(11-13-31-22)21(26)15-30-19-8-6-18(25)7-9-19/h6-9,11,13,16-17,21H,3-5,10,12,14-15H2,1-2H3/t16-,21-/m1/s1. The monoisotopic (exact) mass is 460 g/mol. The molecule has 2 aliphatic rings. The summed E-state index contributed by atoms with van der Waals surface area (Å²) in [5.74, 6) is 0.959. The van der Waals surface area contributed by atoms with Gasteiger partial charge in [-0.2, -0.15) is 0 Å². The van der Waals surface area contributed by atoms with Crippen LogP contribution >= 0.6 is 22.9 Å². The van der Waals surface area contributed by atoms with E-state index in [0.717, 1.165) is 37.0 Å². The largest absolute Gasteiger partial charge is 0.491 e. The number of amides is 2. The van der Waals surface area contributed by atoms with Crippen LogP contribution in [0, 0.1) is 5.92 Å². The van der Waals surface area contributed by atoms with Gasteiger partial charge in [0, 0.05) is 28.4 Å². The Morgan fingerprint density at radius 3 is 2.68 bits per heavy atom. The lowest BCUT2D eigenvalue weighted by molar-refractivity contribution is -0.145. The highest BCUT2D eigenvalue weighted by atomic mass is 35.5. The quantitative estimate of drug-likeness (QED) is 0.560. The molecule has 5 nitrogen and oxygen atoms in total. The molecular weight excluding hydrogens is 432 g/mol. The molecule has 166 valence electrons. The van der Waals surface area contributed by atoms with Crippen molar-refractivity contribution in [1.29, 1.82) is 0 Å². The smallest absolute Gasteiger partial charge is 0.242 e. The van der Waals surface area contributed by atoms with Gasteiger partial charge >= 0.3 is 0 Å². The van der Waals surface area contributed by atoms with Crippen molar-refractivity contribution in [2.75, 3.05) is 19.7 Å². The maximum absolute atomic E-state index is 13.4. The third-order valence-corrected chi connectivity index (χ3v) is 7.52. The molecule has 0 spiro atoms. The average molecular weight is 461 g/mol. The summed E-state index contributed by atoms with van der Waals surface area (Å²) in [5.41, 5.74) is 1.15. The van der Waals surface area contributed by atoms with Crippen molar-refractivity contribution in [2.24, 2.45) is 5.92 Å². The Bertz CT molecular complexity index is 925.